The number of ether oxygens (including phenoxy) is 2. The average molecular weight is 234 g/mol. The van der Waals surface area contributed by atoms with E-state index in [0.717, 1.165) is 16.9 Å². The van der Waals surface area contributed by atoms with Crippen molar-refractivity contribution in [1.29, 1.82) is 0 Å². The van der Waals surface area contributed by atoms with Crippen molar-refractivity contribution in [2.45, 2.75) is 13.8 Å². The van der Waals surface area contributed by atoms with Crippen molar-refractivity contribution >= 4 is 0 Å². The lowest BCUT2D eigenvalue weighted by Gasteiger charge is -2.07. The topological polar surface area (TPSA) is 38.7 Å². The predicted molar refractivity (Wildman–Crippen MR) is 67.1 cm³/mol. The van der Waals surface area contributed by atoms with E-state index >= 15 is 0 Å². The first-order valence-corrected chi connectivity index (χ1v) is 5.69. The molecule has 1 aromatic carbocycles. The van der Waals surface area contributed by atoms with Gasteiger partial charge in [-0.05, 0) is 37.6 Å². The van der Waals surface area contributed by atoms with Gasteiger partial charge in [0.15, 0.2) is 0 Å². The normalized spacial score (nSPS) is 9.59. The van der Waals surface area contributed by atoms with Crippen LogP contribution in [0.25, 0.3) is 0 Å². The molecule has 0 atom stereocenters. The molecule has 0 unspecified atom stereocenters. The van der Waals surface area contributed by atoms with Gasteiger partial charge in [-0.3, -0.25) is 0 Å². The summed E-state index contributed by atoms with van der Waals surface area (Å²) >= 11 is 0. The van der Waals surface area contributed by atoms with Crippen LogP contribution in [-0.2, 0) is 4.74 Å². The van der Waals surface area contributed by atoms with Crippen molar-refractivity contribution in [3.63, 3.8) is 0 Å². The Morgan fingerprint density at radius 1 is 1.29 bits per heavy atom. The summed E-state index contributed by atoms with van der Waals surface area (Å²) in [5.41, 5.74) is 1.95. The summed E-state index contributed by atoms with van der Waals surface area (Å²) in [7, 11) is 0. The summed E-state index contributed by atoms with van der Waals surface area (Å²) in [6.45, 7) is 5.66. The third-order valence-electron chi connectivity index (χ3n) is 2.20. The van der Waals surface area contributed by atoms with Gasteiger partial charge in [-0.1, -0.05) is 11.8 Å². The first kappa shape index (κ1) is 13.6. The number of benzene rings is 1. The van der Waals surface area contributed by atoms with Gasteiger partial charge in [-0.25, -0.2) is 0 Å². The molecule has 0 bridgehead atoms. The Morgan fingerprint density at radius 2 is 2.12 bits per heavy atom. The van der Waals surface area contributed by atoms with Crippen molar-refractivity contribution in [2.75, 3.05) is 26.4 Å². The van der Waals surface area contributed by atoms with Crippen LogP contribution in [-0.4, -0.2) is 31.5 Å². The summed E-state index contributed by atoms with van der Waals surface area (Å²) < 4.78 is 10.7. The molecule has 3 nitrogen and oxygen atoms in total. The highest BCUT2D eigenvalue weighted by molar-refractivity contribution is 5.44. The Kier molecular flexibility index (Phi) is 6.16. The van der Waals surface area contributed by atoms with E-state index in [-0.39, 0.29) is 6.61 Å². The summed E-state index contributed by atoms with van der Waals surface area (Å²) in [6.07, 6.45) is 0. The maximum Gasteiger partial charge on any atom is 0.119 e. The zero-order valence-corrected chi connectivity index (χ0v) is 10.3. The lowest BCUT2D eigenvalue weighted by Crippen LogP contribution is -2.06. The lowest BCUT2D eigenvalue weighted by atomic mass is 10.1. The van der Waals surface area contributed by atoms with Gasteiger partial charge in [0.1, 0.15) is 19.0 Å². The number of rotatable bonds is 5. The van der Waals surface area contributed by atoms with Crippen LogP contribution in [0.4, 0.5) is 0 Å². The van der Waals surface area contributed by atoms with Crippen molar-refractivity contribution < 1.29 is 14.6 Å². The number of aryl methyl sites for hydroxylation is 1. The Bertz CT molecular complexity index is 402. The van der Waals surface area contributed by atoms with Gasteiger partial charge in [0.25, 0.3) is 0 Å². The Hall–Kier alpha value is -1.50. The fourth-order valence-electron chi connectivity index (χ4n) is 1.36. The Morgan fingerprint density at radius 3 is 2.76 bits per heavy atom. The third kappa shape index (κ3) is 4.90. The van der Waals surface area contributed by atoms with Gasteiger partial charge < -0.3 is 14.6 Å². The highest BCUT2D eigenvalue weighted by Crippen LogP contribution is 2.16. The highest BCUT2D eigenvalue weighted by Gasteiger charge is 1.98. The molecule has 1 rings (SSSR count). The van der Waals surface area contributed by atoms with Crippen LogP contribution in [0.3, 0.4) is 0 Å². The lowest BCUT2D eigenvalue weighted by molar-refractivity contribution is 0.110. The molecule has 0 heterocycles. The zero-order chi connectivity index (χ0) is 12.5. The fraction of sp³-hybridized carbons (Fsp3) is 0.429. The van der Waals surface area contributed by atoms with E-state index in [4.69, 9.17) is 14.6 Å². The van der Waals surface area contributed by atoms with E-state index in [1.807, 2.05) is 32.0 Å². The summed E-state index contributed by atoms with van der Waals surface area (Å²) in [5.74, 6) is 6.33. The van der Waals surface area contributed by atoms with Gasteiger partial charge >= 0.3 is 0 Å². The molecule has 0 spiro atoms. The summed E-state index contributed by atoms with van der Waals surface area (Å²) in [6, 6.07) is 5.71. The summed E-state index contributed by atoms with van der Waals surface area (Å²) in [5, 5.41) is 8.63. The molecule has 17 heavy (non-hydrogen) atoms. The minimum Gasteiger partial charge on any atom is -0.491 e. The second-order valence-corrected chi connectivity index (χ2v) is 3.48. The second kappa shape index (κ2) is 7.72. The average Bonchev–Trinajstić information content (AvgIpc) is 2.34. The standard InChI is InChI=1S/C14H18O3/c1-3-16-9-10-17-14-7-6-13(5-4-8-15)12(2)11-14/h6-7,11,15H,3,8-10H2,1-2H3. The number of aliphatic hydroxyl groups excluding tert-OH is 1. The van der Waals surface area contributed by atoms with E-state index in [1.165, 1.54) is 0 Å². The molecule has 1 N–H and O–H groups in total. The van der Waals surface area contributed by atoms with E-state index in [1.54, 1.807) is 0 Å². The van der Waals surface area contributed by atoms with Crippen LogP contribution >= 0.6 is 0 Å². The number of hydrogen-bond donors (Lipinski definition) is 1. The maximum atomic E-state index is 8.63. The zero-order valence-electron chi connectivity index (χ0n) is 10.3. The molecule has 92 valence electrons. The Balaban J connectivity index is 2.56. The van der Waals surface area contributed by atoms with Crippen LogP contribution in [0.5, 0.6) is 5.75 Å². The van der Waals surface area contributed by atoms with Gasteiger partial charge in [-0.2, -0.15) is 0 Å². The molecule has 0 aliphatic carbocycles. The van der Waals surface area contributed by atoms with Gasteiger partial charge in [0.2, 0.25) is 0 Å². The van der Waals surface area contributed by atoms with Gasteiger partial charge in [0, 0.05) is 12.2 Å². The predicted octanol–water partition coefficient (Wildman–Crippen LogP) is 1.75. The highest BCUT2D eigenvalue weighted by atomic mass is 16.5. The minimum absolute atomic E-state index is 0.119. The van der Waals surface area contributed by atoms with E-state index in [0.29, 0.717) is 19.8 Å². The van der Waals surface area contributed by atoms with Crippen LogP contribution in [0.2, 0.25) is 0 Å². The maximum absolute atomic E-state index is 8.63. The molecule has 0 radical (unpaired) electrons. The third-order valence-corrected chi connectivity index (χ3v) is 2.20. The first-order chi connectivity index (χ1) is 8.27. The smallest absolute Gasteiger partial charge is 0.119 e. The fourth-order valence-corrected chi connectivity index (χ4v) is 1.36. The quantitative estimate of drug-likeness (QED) is 0.623. The largest absolute Gasteiger partial charge is 0.491 e. The number of aliphatic hydroxyl groups is 1. The van der Waals surface area contributed by atoms with Crippen molar-refractivity contribution in [1.82, 2.24) is 0 Å². The molecule has 0 fully saturated rings. The molecule has 0 amide bonds. The molecule has 1 aromatic rings. The summed E-state index contributed by atoms with van der Waals surface area (Å²) in [4.78, 5) is 0. The molecule has 0 aromatic heterocycles. The van der Waals surface area contributed by atoms with Crippen LogP contribution in [0.1, 0.15) is 18.1 Å². The molecule has 0 saturated heterocycles. The number of hydrogen-bond acceptors (Lipinski definition) is 3. The SMILES string of the molecule is CCOCCOc1ccc(C#CCO)c(C)c1. The van der Waals surface area contributed by atoms with Gasteiger partial charge in [-0.15, -0.1) is 0 Å². The molecule has 0 aliphatic heterocycles. The molecular weight excluding hydrogens is 216 g/mol. The first-order valence-electron chi connectivity index (χ1n) is 5.69. The van der Waals surface area contributed by atoms with Crippen LogP contribution in [0.15, 0.2) is 18.2 Å². The van der Waals surface area contributed by atoms with Crippen molar-refractivity contribution in [3.05, 3.63) is 29.3 Å². The van der Waals surface area contributed by atoms with Crippen LogP contribution < -0.4 is 4.74 Å². The van der Waals surface area contributed by atoms with E-state index in [9.17, 15) is 0 Å². The van der Waals surface area contributed by atoms with E-state index < -0.39 is 0 Å². The van der Waals surface area contributed by atoms with Crippen molar-refractivity contribution in [3.8, 4) is 17.6 Å². The second-order valence-electron chi connectivity index (χ2n) is 3.48. The van der Waals surface area contributed by atoms with Crippen molar-refractivity contribution in [2.24, 2.45) is 0 Å². The molecule has 0 aliphatic rings. The monoisotopic (exact) mass is 234 g/mol. The molecular formula is C14H18O3. The van der Waals surface area contributed by atoms with E-state index in [2.05, 4.69) is 11.8 Å². The molecule has 0 saturated carbocycles. The minimum atomic E-state index is -0.119. The van der Waals surface area contributed by atoms with Gasteiger partial charge in [0.05, 0.1) is 6.61 Å². The van der Waals surface area contributed by atoms with Crippen LogP contribution in [0, 0.1) is 18.8 Å². The Labute approximate surface area is 102 Å². The molecule has 3 heteroatoms.